The maximum absolute atomic E-state index is 12.6. The van der Waals surface area contributed by atoms with E-state index in [1.807, 2.05) is 12.2 Å². The van der Waals surface area contributed by atoms with Crippen molar-refractivity contribution in [2.24, 2.45) is 11.7 Å². The van der Waals surface area contributed by atoms with Crippen LogP contribution in [0.3, 0.4) is 0 Å². The van der Waals surface area contributed by atoms with Gasteiger partial charge in [-0.2, -0.15) is 0 Å². The number of fused-ring (bicyclic) bond motifs is 2. The number of nitrogens with two attached hydrogens (primary N) is 1. The lowest BCUT2D eigenvalue weighted by atomic mass is 10.1. The molecule has 1 heterocycles. The first-order chi connectivity index (χ1) is 11.4. The van der Waals surface area contributed by atoms with E-state index >= 15 is 0 Å². The Morgan fingerprint density at radius 3 is 2.79 bits per heavy atom. The van der Waals surface area contributed by atoms with Crippen LogP contribution in [0, 0.1) is 5.92 Å². The summed E-state index contributed by atoms with van der Waals surface area (Å²) >= 11 is 0. The number of allylic oxidation sites excluding steroid dienone is 1. The normalized spacial score (nSPS) is 29.9. The van der Waals surface area contributed by atoms with Crippen molar-refractivity contribution in [1.82, 2.24) is 4.72 Å². The minimum atomic E-state index is -3.96. The van der Waals surface area contributed by atoms with Crippen LogP contribution >= 0.6 is 0 Å². The Morgan fingerprint density at radius 2 is 1.96 bits per heavy atom. The maximum Gasteiger partial charge on any atom is 0.266 e. The Kier molecular flexibility index (Phi) is 4.64. The van der Waals surface area contributed by atoms with Gasteiger partial charge in [0.1, 0.15) is 10.4 Å². The summed E-state index contributed by atoms with van der Waals surface area (Å²) in [6.07, 6.45) is 8.49. The lowest BCUT2D eigenvalue weighted by Crippen LogP contribution is -2.46. The SMILES string of the molecule is N[C@]12C[C@H]1C=CCCCCCNc1ccccc1S(=O)(=O)NC2=O. The van der Waals surface area contributed by atoms with Gasteiger partial charge in [-0.05, 0) is 37.8 Å². The van der Waals surface area contributed by atoms with Crippen molar-refractivity contribution in [2.45, 2.75) is 42.5 Å². The Bertz CT molecular complexity index is 760. The highest BCUT2D eigenvalue weighted by molar-refractivity contribution is 7.90. The average Bonchev–Trinajstić information content (AvgIpc) is 3.21. The molecule has 0 bridgehead atoms. The molecule has 0 unspecified atom stereocenters. The molecule has 1 amide bonds. The van der Waals surface area contributed by atoms with Gasteiger partial charge in [0.2, 0.25) is 0 Å². The van der Waals surface area contributed by atoms with E-state index in [-0.39, 0.29) is 10.8 Å². The molecule has 6 nitrogen and oxygen atoms in total. The quantitative estimate of drug-likeness (QED) is 0.620. The van der Waals surface area contributed by atoms with Gasteiger partial charge in [0.15, 0.2) is 0 Å². The molecule has 1 aromatic carbocycles. The zero-order chi connectivity index (χ0) is 17.2. The third kappa shape index (κ3) is 3.47. The lowest BCUT2D eigenvalue weighted by molar-refractivity contribution is -0.121. The molecule has 0 spiro atoms. The number of hydrogen-bond acceptors (Lipinski definition) is 5. The molecule has 2 atom stereocenters. The molecule has 0 aromatic heterocycles. The fourth-order valence-electron chi connectivity index (χ4n) is 2.97. The van der Waals surface area contributed by atoms with Crippen molar-refractivity contribution in [3.8, 4) is 0 Å². The third-order valence-electron chi connectivity index (χ3n) is 4.62. The smallest absolute Gasteiger partial charge is 0.266 e. The summed E-state index contributed by atoms with van der Waals surface area (Å²) < 4.78 is 27.4. The first-order valence-electron chi connectivity index (χ1n) is 8.29. The number of sulfonamides is 1. The van der Waals surface area contributed by atoms with Crippen molar-refractivity contribution in [1.29, 1.82) is 0 Å². The number of amides is 1. The number of carbonyl (C=O) groups is 1. The van der Waals surface area contributed by atoms with Crippen LogP contribution in [0.25, 0.3) is 0 Å². The van der Waals surface area contributed by atoms with Crippen molar-refractivity contribution in [2.75, 3.05) is 11.9 Å². The molecule has 0 saturated heterocycles. The molecular formula is C17H23N3O3S. The Labute approximate surface area is 142 Å². The number of benzene rings is 1. The van der Waals surface area contributed by atoms with Crippen molar-refractivity contribution < 1.29 is 13.2 Å². The third-order valence-corrected chi connectivity index (χ3v) is 6.01. The van der Waals surface area contributed by atoms with Crippen molar-refractivity contribution in [3.05, 3.63) is 36.4 Å². The summed E-state index contributed by atoms with van der Waals surface area (Å²) in [6.45, 7) is 0.688. The summed E-state index contributed by atoms with van der Waals surface area (Å²) in [7, 11) is -3.96. The molecule has 1 aromatic rings. The van der Waals surface area contributed by atoms with Crippen LogP contribution in [0.4, 0.5) is 5.69 Å². The molecule has 0 radical (unpaired) electrons. The minimum absolute atomic E-state index is 0.0737. The van der Waals surface area contributed by atoms with Crippen molar-refractivity contribution >= 4 is 21.6 Å². The summed E-state index contributed by atoms with van der Waals surface area (Å²) in [5, 5.41) is 3.15. The van der Waals surface area contributed by atoms with Gasteiger partial charge in [-0.1, -0.05) is 30.7 Å². The highest BCUT2D eigenvalue weighted by Crippen LogP contribution is 2.42. The first-order valence-corrected chi connectivity index (χ1v) is 9.77. The molecule has 3 rings (SSSR count). The van der Waals surface area contributed by atoms with E-state index in [2.05, 4.69) is 10.0 Å². The van der Waals surface area contributed by atoms with Crippen LogP contribution in [0.15, 0.2) is 41.3 Å². The van der Waals surface area contributed by atoms with Gasteiger partial charge < -0.3 is 11.1 Å². The number of hydrogen-bond donors (Lipinski definition) is 3. The largest absolute Gasteiger partial charge is 0.384 e. The summed E-state index contributed by atoms with van der Waals surface area (Å²) in [4.78, 5) is 12.4. The minimum Gasteiger partial charge on any atom is -0.384 e. The molecule has 1 aliphatic heterocycles. The number of carbonyl (C=O) groups excluding carboxylic acids is 1. The zero-order valence-electron chi connectivity index (χ0n) is 13.5. The van der Waals surface area contributed by atoms with Gasteiger partial charge >= 0.3 is 0 Å². The van der Waals surface area contributed by atoms with Crippen LogP contribution in [0.1, 0.15) is 32.1 Å². The fraction of sp³-hybridized carbons (Fsp3) is 0.471. The molecular weight excluding hydrogens is 326 g/mol. The van der Waals surface area contributed by atoms with E-state index in [1.54, 1.807) is 18.2 Å². The van der Waals surface area contributed by atoms with Crippen LogP contribution in [0.2, 0.25) is 0 Å². The zero-order valence-corrected chi connectivity index (χ0v) is 14.3. The number of rotatable bonds is 0. The van der Waals surface area contributed by atoms with E-state index < -0.39 is 21.5 Å². The first kappa shape index (κ1) is 17.0. The predicted octanol–water partition coefficient (Wildman–Crippen LogP) is 1.75. The Hall–Kier alpha value is -1.86. The van der Waals surface area contributed by atoms with Crippen LogP contribution < -0.4 is 15.8 Å². The summed E-state index contributed by atoms with van der Waals surface area (Å²) in [5.41, 5.74) is 5.46. The van der Waals surface area contributed by atoms with Crippen LogP contribution in [-0.4, -0.2) is 26.4 Å². The van der Waals surface area contributed by atoms with Crippen molar-refractivity contribution in [3.63, 3.8) is 0 Å². The van der Waals surface area contributed by atoms with E-state index in [9.17, 15) is 13.2 Å². The Balaban J connectivity index is 1.89. The molecule has 2 aliphatic rings. The maximum atomic E-state index is 12.6. The van der Waals surface area contributed by atoms with E-state index in [1.165, 1.54) is 6.07 Å². The highest BCUT2D eigenvalue weighted by atomic mass is 32.2. The molecule has 1 fully saturated rings. The Morgan fingerprint density at radius 1 is 1.17 bits per heavy atom. The number of nitrogens with one attached hydrogen (secondary N) is 2. The molecule has 1 saturated carbocycles. The predicted molar refractivity (Wildman–Crippen MR) is 92.9 cm³/mol. The van der Waals surface area contributed by atoms with Crippen LogP contribution in [-0.2, 0) is 14.8 Å². The standard InChI is InChI=1S/C17H23N3O3S/c18-17-12-13(17)8-4-2-1-3-7-11-19-14-9-5-6-10-15(14)24(22,23)20-16(17)21/h4-6,8-10,13,19H,1-3,7,11-12,18H2,(H,20,21)/t13-,17-/m1/s1. The van der Waals surface area contributed by atoms with Gasteiger partial charge in [0.05, 0.1) is 5.69 Å². The van der Waals surface area contributed by atoms with Gasteiger partial charge in [0, 0.05) is 12.5 Å². The van der Waals surface area contributed by atoms with Gasteiger partial charge in [-0.3, -0.25) is 4.79 Å². The van der Waals surface area contributed by atoms with Gasteiger partial charge in [-0.15, -0.1) is 0 Å². The number of para-hydroxylation sites is 1. The van der Waals surface area contributed by atoms with Gasteiger partial charge in [-0.25, -0.2) is 13.1 Å². The second-order valence-corrected chi connectivity index (χ2v) is 8.14. The topological polar surface area (TPSA) is 101 Å². The average molecular weight is 349 g/mol. The molecule has 7 heteroatoms. The number of anilines is 1. The summed E-state index contributed by atoms with van der Waals surface area (Å²) in [5.74, 6) is -0.729. The molecule has 130 valence electrons. The van der Waals surface area contributed by atoms with Crippen LogP contribution in [0.5, 0.6) is 0 Å². The van der Waals surface area contributed by atoms with E-state index in [0.717, 1.165) is 25.7 Å². The highest BCUT2D eigenvalue weighted by Gasteiger charge is 2.56. The lowest BCUT2D eigenvalue weighted by Gasteiger charge is -2.15. The molecule has 24 heavy (non-hydrogen) atoms. The summed E-state index contributed by atoms with van der Waals surface area (Å²) in [6, 6.07) is 6.60. The monoisotopic (exact) mass is 349 g/mol. The van der Waals surface area contributed by atoms with Gasteiger partial charge in [0.25, 0.3) is 15.9 Å². The second-order valence-electron chi connectivity index (χ2n) is 6.49. The molecule has 4 N–H and O–H groups in total. The van der Waals surface area contributed by atoms with E-state index in [0.29, 0.717) is 18.7 Å². The fourth-order valence-corrected chi connectivity index (χ4v) is 4.20. The van der Waals surface area contributed by atoms with E-state index in [4.69, 9.17) is 5.73 Å². The second kappa shape index (κ2) is 6.57. The molecule has 1 aliphatic carbocycles.